The second kappa shape index (κ2) is 3.12. The van der Waals surface area contributed by atoms with Crippen LogP contribution < -0.4 is 10.3 Å². The molecule has 4 nitrogen and oxygen atoms in total. The Kier molecular flexibility index (Phi) is 2.35. The molecule has 0 amide bonds. The molecule has 1 rings (SSSR count). The number of hydrogen-bond acceptors (Lipinski definition) is 3. The SMILES string of the molecule is CS(=O)(=O)N(N)c1ccccc1. The van der Waals surface area contributed by atoms with Gasteiger partial charge in [0.25, 0.3) is 0 Å². The Morgan fingerprint density at radius 1 is 1.25 bits per heavy atom. The molecule has 0 bridgehead atoms. The minimum Gasteiger partial charge on any atom is -0.233 e. The van der Waals surface area contributed by atoms with E-state index >= 15 is 0 Å². The fraction of sp³-hybridized carbons (Fsp3) is 0.143. The van der Waals surface area contributed by atoms with E-state index < -0.39 is 10.0 Å². The third-order valence-electron chi connectivity index (χ3n) is 1.37. The molecule has 0 aliphatic carbocycles. The van der Waals surface area contributed by atoms with Crippen LogP contribution >= 0.6 is 0 Å². The van der Waals surface area contributed by atoms with Gasteiger partial charge in [0.1, 0.15) is 0 Å². The summed E-state index contributed by atoms with van der Waals surface area (Å²) in [7, 11) is -3.34. The summed E-state index contributed by atoms with van der Waals surface area (Å²) in [6.07, 6.45) is 1.06. The highest BCUT2D eigenvalue weighted by Crippen LogP contribution is 2.11. The van der Waals surface area contributed by atoms with E-state index in [1.807, 2.05) is 0 Å². The quantitative estimate of drug-likeness (QED) is 0.534. The van der Waals surface area contributed by atoms with Crippen molar-refractivity contribution in [1.29, 1.82) is 0 Å². The maximum absolute atomic E-state index is 10.9. The molecular formula is C7H10N2O2S. The van der Waals surface area contributed by atoms with Gasteiger partial charge in [0.05, 0.1) is 11.9 Å². The topological polar surface area (TPSA) is 63.4 Å². The molecule has 0 radical (unpaired) electrons. The fourth-order valence-electron chi connectivity index (χ4n) is 0.766. The van der Waals surface area contributed by atoms with Crippen LogP contribution in [0, 0.1) is 0 Å². The van der Waals surface area contributed by atoms with Gasteiger partial charge in [0.15, 0.2) is 0 Å². The molecule has 66 valence electrons. The lowest BCUT2D eigenvalue weighted by Gasteiger charge is -2.14. The number of para-hydroxylation sites is 1. The Morgan fingerprint density at radius 2 is 1.75 bits per heavy atom. The molecule has 0 heterocycles. The molecule has 0 aliphatic heterocycles. The van der Waals surface area contributed by atoms with Crippen LogP contribution in [0.25, 0.3) is 0 Å². The predicted octanol–water partition coefficient (Wildman–Crippen LogP) is 0.326. The number of anilines is 1. The lowest BCUT2D eigenvalue weighted by Crippen LogP contribution is -2.36. The summed E-state index contributed by atoms with van der Waals surface area (Å²) in [5.41, 5.74) is 0.458. The van der Waals surface area contributed by atoms with E-state index in [0.717, 1.165) is 10.7 Å². The fourth-order valence-corrected chi connectivity index (χ4v) is 1.27. The molecule has 0 aliphatic rings. The first-order valence-corrected chi connectivity index (χ1v) is 5.16. The smallest absolute Gasteiger partial charge is 0.233 e. The maximum atomic E-state index is 10.9. The molecule has 0 saturated heterocycles. The van der Waals surface area contributed by atoms with Gasteiger partial charge in [-0.15, -0.1) is 0 Å². The van der Waals surface area contributed by atoms with Crippen molar-refractivity contribution in [1.82, 2.24) is 0 Å². The lowest BCUT2D eigenvalue weighted by molar-refractivity contribution is 0.598. The van der Waals surface area contributed by atoms with Gasteiger partial charge in [0.2, 0.25) is 10.0 Å². The van der Waals surface area contributed by atoms with Gasteiger partial charge in [-0.1, -0.05) is 18.2 Å². The van der Waals surface area contributed by atoms with Crippen molar-refractivity contribution in [2.24, 2.45) is 5.84 Å². The molecule has 0 unspecified atom stereocenters. The molecule has 1 aromatic rings. The molecule has 2 N–H and O–H groups in total. The maximum Gasteiger partial charge on any atom is 0.245 e. The lowest BCUT2D eigenvalue weighted by atomic mass is 10.3. The van der Waals surface area contributed by atoms with E-state index in [4.69, 9.17) is 5.84 Å². The summed E-state index contributed by atoms with van der Waals surface area (Å²) < 4.78 is 22.6. The monoisotopic (exact) mass is 186 g/mol. The van der Waals surface area contributed by atoms with Gasteiger partial charge in [0, 0.05) is 0 Å². The molecule has 5 heteroatoms. The van der Waals surface area contributed by atoms with Crippen LogP contribution in [0.5, 0.6) is 0 Å². The summed E-state index contributed by atoms with van der Waals surface area (Å²) in [6.45, 7) is 0. The predicted molar refractivity (Wildman–Crippen MR) is 48.0 cm³/mol. The molecule has 0 atom stereocenters. The first-order valence-electron chi connectivity index (χ1n) is 3.32. The van der Waals surface area contributed by atoms with Crippen LogP contribution in [-0.4, -0.2) is 14.7 Å². The molecule has 0 aromatic heterocycles. The van der Waals surface area contributed by atoms with Crippen molar-refractivity contribution in [3.05, 3.63) is 30.3 Å². The van der Waals surface area contributed by atoms with Crippen molar-refractivity contribution in [2.45, 2.75) is 0 Å². The van der Waals surface area contributed by atoms with E-state index in [1.165, 1.54) is 0 Å². The third-order valence-corrected chi connectivity index (χ3v) is 2.29. The Morgan fingerprint density at radius 3 is 2.17 bits per heavy atom. The molecular weight excluding hydrogens is 176 g/mol. The zero-order valence-corrected chi connectivity index (χ0v) is 7.45. The Labute approximate surface area is 71.6 Å². The summed E-state index contributed by atoms with van der Waals surface area (Å²) in [5.74, 6) is 5.32. The highest BCUT2D eigenvalue weighted by molar-refractivity contribution is 7.92. The van der Waals surface area contributed by atoms with E-state index in [0.29, 0.717) is 5.69 Å². The highest BCUT2D eigenvalue weighted by Gasteiger charge is 2.10. The van der Waals surface area contributed by atoms with Crippen LogP contribution in [0.4, 0.5) is 5.69 Å². The van der Waals surface area contributed by atoms with Gasteiger partial charge in [-0.2, -0.15) is 0 Å². The number of sulfonamides is 1. The van der Waals surface area contributed by atoms with E-state index in [1.54, 1.807) is 30.3 Å². The molecule has 0 spiro atoms. The zero-order valence-electron chi connectivity index (χ0n) is 6.64. The number of rotatable bonds is 2. The Balaban J connectivity index is 3.02. The molecule has 1 aromatic carbocycles. The van der Waals surface area contributed by atoms with Crippen LogP contribution in [0.15, 0.2) is 30.3 Å². The van der Waals surface area contributed by atoms with Gasteiger partial charge in [-0.05, 0) is 12.1 Å². The average molecular weight is 186 g/mol. The van der Waals surface area contributed by atoms with Crippen LogP contribution in [0.3, 0.4) is 0 Å². The Bertz CT molecular complexity index is 347. The van der Waals surface area contributed by atoms with E-state index in [-0.39, 0.29) is 0 Å². The largest absolute Gasteiger partial charge is 0.245 e. The summed E-state index contributed by atoms with van der Waals surface area (Å²) in [4.78, 5) is 0. The van der Waals surface area contributed by atoms with Crippen LogP contribution in [0.2, 0.25) is 0 Å². The number of benzene rings is 1. The first kappa shape index (κ1) is 9.02. The van der Waals surface area contributed by atoms with E-state index in [9.17, 15) is 8.42 Å². The standard InChI is InChI=1S/C7H10N2O2S/c1-12(10,11)9(8)7-5-3-2-4-6-7/h2-6H,8H2,1H3. The molecule has 0 saturated carbocycles. The third kappa shape index (κ3) is 1.96. The molecule has 0 fully saturated rings. The number of hydrazine groups is 1. The van der Waals surface area contributed by atoms with E-state index in [2.05, 4.69) is 0 Å². The second-order valence-corrected chi connectivity index (χ2v) is 4.25. The number of nitrogens with two attached hydrogens (primary N) is 1. The van der Waals surface area contributed by atoms with Crippen LogP contribution in [-0.2, 0) is 10.0 Å². The second-order valence-electron chi connectivity index (χ2n) is 2.39. The van der Waals surface area contributed by atoms with Crippen molar-refractivity contribution >= 4 is 15.7 Å². The van der Waals surface area contributed by atoms with Crippen molar-refractivity contribution in [3.8, 4) is 0 Å². The van der Waals surface area contributed by atoms with Gasteiger partial charge in [-0.3, -0.25) is 0 Å². The van der Waals surface area contributed by atoms with Crippen molar-refractivity contribution in [2.75, 3.05) is 10.7 Å². The average Bonchev–Trinajstić information content (AvgIpc) is 2.03. The Hall–Kier alpha value is -1.07. The van der Waals surface area contributed by atoms with Crippen molar-refractivity contribution < 1.29 is 8.42 Å². The summed E-state index contributed by atoms with van der Waals surface area (Å²) in [6, 6.07) is 8.49. The number of nitrogens with zero attached hydrogens (tertiary/aromatic N) is 1. The van der Waals surface area contributed by atoms with Crippen molar-refractivity contribution in [3.63, 3.8) is 0 Å². The van der Waals surface area contributed by atoms with Gasteiger partial charge in [-0.25, -0.2) is 18.7 Å². The van der Waals surface area contributed by atoms with Gasteiger partial charge >= 0.3 is 0 Å². The normalized spacial score (nSPS) is 11.2. The summed E-state index contributed by atoms with van der Waals surface area (Å²) in [5, 5.41) is 0. The zero-order chi connectivity index (χ0) is 9.19. The summed E-state index contributed by atoms with van der Waals surface area (Å²) >= 11 is 0. The number of hydrogen-bond donors (Lipinski definition) is 1. The van der Waals surface area contributed by atoms with Crippen LogP contribution in [0.1, 0.15) is 0 Å². The van der Waals surface area contributed by atoms with Gasteiger partial charge < -0.3 is 0 Å². The molecule has 12 heavy (non-hydrogen) atoms. The minimum atomic E-state index is -3.34. The first-order chi connectivity index (χ1) is 5.52. The highest BCUT2D eigenvalue weighted by atomic mass is 32.2. The minimum absolute atomic E-state index is 0.458.